The van der Waals surface area contributed by atoms with Gasteiger partial charge in [-0.2, -0.15) is 5.10 Å². The molecule has 4 nitrogen and oxygen atoms in total. The van der Waals surface area contributed by atoms with Gasteiger partial charge >= 0.3 is 0 Å². The van der Waals surface area contributed by atoms with Gasteiger partial charge in [0.05, 0.1) is 16.9 Å². The highest BCUT2D eigenvalue weighted by Crippen LogP contribution is 2.17. The van der Waals surface area contributed by atoms with Crippen LogP contribution in [0.1, 0.15) is 12.1 Å². The summed E-state index contributed by atoms with van der Waals surface area (Å²) in [5.41, 5.74) is 1.09. The quantitative estimate of drug-likeness (QED) is 0.834. The van der Waals surface area contributed by atoms with Crippen molar-refractivity contribution in [2.45, 2.75) is 19.0 Å². The highest BCUT2D eigenvalue weighted by Gasteiger charge is 2.20. The third-order valence-electron chi connectivity index (χ3n) is 3.07. The van der Waals surface area contributed by atoms with Crippen molar-refractivity contribution in [3.05, 3.63) is 16.9 Å². The van der Waals surface area contributed by atoms with Crippen LogP contribution in [-0.4, -0.2) is 40.9 Å². The Morgan fingerprint density at radius 2 is 2.53 bits per heavy atom. The van der Waals surface area contributed by atoms with E-state index in [4.69, 9.17) is 11.6 Å². The Hall–Kier alpha value is -0.580. The summed E-state index contributed by atoms with van der Waals surface area (Å²) >= 11 is 6.07. The second kappa shape index (κ2) is 4.51. The normalized spacial score (nSPS) is 21.5. The zero-order chi connectivity index (χ0) is 10.8. The Morgan fingerprint density at radius 3 is 3.07 bits per heavy atom. The number of nitrogens with zero attached hydrogens (tertiary/aromatic N) is 3. The fraction of sp³-hybridized carbons (Fsp3) is 0.700. The lowest BCUT2D eigenvalue weighted by molar-refractivity contribution is 0.243. The van der Waals surface area contributed by atoms with E-state index in [2.05, 4.69) is 22.4 Å². The van der Waals surface area contributed by atoms with Crippen molar-refractivity contribution < 1.29 is 0 Å². The SMILES string of the molecule is CN(Cc1c(Cl)cnn1C)C1CCNC1. The lowest BCUT2D eigenvalue weighted by Gasteiger charge is -2.23. The zero-order valence-corrected chi connectivity index (χ0v) is 9.96. The van der Waals surface area contributed by atoms with Gasteiger partial charge in [-0.15, -0.1) is 0 Å². The van der Waals surface area contributed by atoms with Crippen molar-refractivity contribution in [1.29, 1.82) is 0 Å². The van der Waals surface area contributed by atoms with Gasteiger partial charge in [0.25, 0.3) is 0 Å². The van der Waals surface area contributed by atoms with Gasteiger partial charge in [-0.3, -0.25) is 9.58 Å². The van der Waals surface area contributed by atoms with Gasteiger partial charge in [-0.1, -0.05) is 11.6 Å². The van der Waals surface area contributed by atoms with Crippen LogP contribution in [0.2, 0.25) is 5.02 Å². The van der Waals surface area contributed by atoms with E-state index in [0.29, 0.717) is 6.04 Å². The molecule has 84 valence electrons. The van der Waals surface area contributed by atoms with Gasteiger partial charge in [0.15, 0.2) is 0 Å². The first-order valence-corrected chi connectivity index (χ1v) is 5.63. The molecule has 1 aliphatic heterocycles. The van der Waals surface area contributed by atoms with Crippen LogP contribution in [-0.2, 0) is 13.6 Å². The predicted molar refractivity (Wildman–Crippen MR) is 61.0 cm³/mol. The molecule has 0 spiro atoms. The molecule has 1 fully saturated rings. The van der Waals surface area contributed by atoms with E-state index in [-0.39, 0.29) is 0 Å². The molecule has 1 aliphatic rings. The molecule has 1 saturated heterocycles. The minimum absolute atomic E-state index is 0.621. The Kier molecular flexibility index (Phi) is 3.29. The molecule has 1 atom stereocenters. The fourth-order valence-corrected chi connectivity index (χ4v) is 2.22. The van der Waals surface area contributed by atoms with Crippen LogP contribution in [0.4, 0.5) is 0 Å². The van der Waals surface area contributed by atoms with Gasteiger partial charge < -0.3 is 5.32 Å². The van der Waals surface area contributed by atoms with Crippen LogP contribution in [0.5, 0.6) is 0 Å². The van der Waals surface area contributed by atoms with E-state index in [1.165, 1.54) is 6.42 Å². The number of hydrogen-bond acceptors (Lipinski definition) is 3. The van der Waals surface area contributed by atoms with E-state index < -0.39 is 0 Å². The largest absolute Gasteiger partial charge is 0.315 e. The van der Waals surface area contributed by atoms with E-state index >= 15 is 0 Å². The molecule has 0 saturated carbocycles. The molecule has 0 radical (unpaired) electrons. The second-order valence-electron chi connectivity index (χ2n) is 4.12. The number of rotatable bonds is 3. The lowest BCUT2D eigenvalue weighted by Crippen LogP contribution is -2.33. The standard InChI is InChI=1S/C10H17ClN4/c1-14(8-3-4-12-5-8)7-10-9(11)6-13-15(10)2/h6,8,12H,3-5,7H2,1-2H3. The number of hydrogen-bond donors (Lipinski definition) is 1. The van der Waals surface area contributed by atoms with Crippen LogP contribution < -0.4 is 5.32 Å². The fourth-order valence-electron chi connectivity index (χ4n) is 1.99. The van der Waals surface area contributed by atoms with Crippen molar-refractivity contribution in [2.24, 2.45) is 7.05 Å². The van der Waals surface area contributed by atoms with E-state index in [0.717, 1.165) is 30.4 Å². The number of likely N-dealkylation sites (N-methyl/N-ethyl adjacent to an activating group) is 1. The molecule has 2 rings (SSSR count). The number of halogens is 1. The van der Waals surface area contributed by atoms with Crippen molar-refractivity contribution in [3.63, 3.8) is 0 Å². The van der Waals surface area contributed by atoms with Gasteiger partial charge in [0.2, 0.25) is 0 Å². The first-order valence-electron chi connectivity index (χ1n) is 5.26. The Morgan fingerprint density at radius 1 is 1.73 bits per heavy atom. The molecule has 0 aliphatic carbocycles. The topological polar surface area (TPSA) is 33.1 Å². The van der Waals surface area contributed by atoms with Gasteiger partial charge in [-0.05, 0) is 20.0 Å². The summed E-state index contributed by atoms with van der Waals surface area (Å²) in [4.78, 5) is 2.34. The van der Waals surface area contributed by atoms with Crippen molar-refractivity contribution in [2.75, 3.05) is 20.1 Å². The van der Waals surface area contributed by atoms with Crippen LogP contribution in [0.25, 0.3) is 0 Å². The van der Waals surface area contributed by atoms with E-state index in [1.54, 1.807) is 6.20 Å². The third-order valence-corrected chi connectivity index (χ3v) is 3.38. The summed E-state index contributed by atoms with van der Waals surface area (Å²) < 4.78 is 1.85. The highest BCUT2D eigenvalue weighted by molar-refractivity contribution is 6.31. The molecule has 0 aromatic carbocycles. The zero-order valence-electron chi connectivity index (χ0n) is 9.20. The minimum Gasteiger partial charge on any atom is -0.315 e. The first kappa shape index (κ1) is 10.9. The average Bonchev–Trinajstić information content (AvgIpc) is 2.82. The summed E-state index contributed by atoms with van der Waals surface area (Å²) in [5, 5.41) is 8.26. The van der Waals surface area contributed by atoms with Gasteiger partial charge in [0.1, 0.15) is 0 Å². The molecule has 1 N–H and O–H groups in total. The molecular formula is C10H17ClN4. The van der Waals surface area contributed by atoms with E-state index in [1.807, 2.05) is 11.7 Å². The molecule has 1 aromatic heterocycles. The first-order chi connectivity index (χ1) is 7.18. The average molecular weight is 229 g/mol. The molecule has 15 heavy (non-hydrogen) atoms. The molecule has 1 aromatic rings. The summed E-state index contributed by atoms with van der Waals surface area (Å²) in [5.74, 6) is 0. The second-order valence-corrected chi connectivity index (χ2v) is 4.53. The Balaban J connectivity index is 2.01. The van der Waals surface area contributed by atoms with Gasteiger partial charge in [0, 0.05) is 26.2 Å². The summed E-state index contributed by atoms with van der Waals surface area (Å²) in [6.07, 6.45) is 2.92. The molecule has 2 heterocycles. The maximum Gasteiger partial charge on any atom is 0.0831 e. The van der Waals surface area contributed by atoms with Gasteiger partial charge in [-0.25, -0.2) is 0 Å². The third kappa shape index (κ3) is 2.33. The smallest absolute Gasteiger partial charge is 0.0831 e. The van der Waals surface area contributed by atoms with Crippen molar-refractivity contribution in [3.8, 4) is 0 Å². The maximum absolute atomic E-state index is 6.07. The molecule has 0 amide bonds. The van der Waals surface area contributed by atoms with Crippen molar-refractivity contribution >= 4 is 11.6 Å². The number of aryl methyl sites for hydroxylation is 1. The minimum atomic E-state index is 0.621. The monoisotopic (exact) mass is 228 g/mol. The van der Waals surface area contributed by atoms with Crippen LogP contribution in [0.3, 0.4) is 0 Å². The molecule has 5 heteroatoms. The number of aromatic nitrogens is 2. The molecule has 0 bridgehead atoms. The van der Waals surface area contributed by atoms with Crippen LogP contribution >= 0.6 is 11.6 Å². The lowest BCUT2D eigenvalue weighted by atomic mass is 10.2. The summed E-state index contributed by atoms with van der Waals surface area (Å²) in [7, 11) is 4.07. The summed E-state index contributed by atoms with van der Waals surface area (Å²) in [6, 6.07) is 0.621. The van der Waals surface area contributed by atoms with Crippen LogP contribution in [0.15, 0.2) is 6.20 Å². The molecule has 1 unspecified atom stereocenters. The maximum atomic E-state index is 6.07. The van der Waals surface area contributed by atoms with Crippen LogP contribution in [0, 0.1) is 0 Å². The summed E-state index contributed by atoms with van der Waals surface area (Å²) in [6.45, 7) is 3.06. The molecular weight excluding hydrogens is 212 g/mol. The Bertz CT molecular complexity index is 311. The predicted octanol–water partition coefficient (Wildman–Crippen LogP) is 0.867. The van der Waals surface area contributed by atoms with E-state index in [9.17, 15) is 0 Å². The number of nitrogens with one attached hydrogen (secondary N) is 1. The highest BCUT2D eigenvalue weighted by atomic mass is 35.5. The Labute approximate surface area is 95.2 Å². The van der Waals surface area contributed by atoms with Crippen molar-refractivity contribution in [1.82, 2.24) is 20.0 Å².